The summed E-state index contributed by atoms with van der Waals surface area (Å²) in [6.07, 6.45) is 0.422. The molecule has 1 aromatic rings. The lowest BCUT2D eigenvalue weighted by atomic mass is 10.1. The SMILES string of the molecule is CCN(CC(=O)NC)S(=O)(=O)c1ccc(CC(N)=S)cc1. The van der Waals surface area contributed by atoms with E-state index >= 15 is 0 Å². The van der Waals surface area contributed by atoms with Crippen LogP contribution in [-0.2, 0) is 21.2 Å². The van der Waals surface area contributed by atoms with E-state index < -0.39 is 10.0 Å². The van der Waals surface area contributed by atoms with Crippen LogP contribution in [0.1, 0.15) is 12.5 Å². The van der Waals surface area contributed by atoms with E-state index in [0.29, 0.717) is 11.4 Å². The maximum atomic E-state index is 12.4. The fourth-order valence-corrected chi connectivity index (χ4v) is 3.31. The number of sulfonamides is 1. The van der Waals surface area contributed by atoms with Crippen molar-refractivity contribution in [3.05, 3.63) is 29.8 Å². The zero-order valence-corrected chi connectivity index (χ0v) is 13.6. The monoisotopic (exact) mass is 329 g/mol. The highest BCUT2D eigenvalue weighted by Gasteiger charge is 2.24. The number of hydrogen-bond acceptors (Lipinski definition) is 4. The predicted octanol–water partition coefficient (Wildman–Crippen LogP) is 0.272. The molecule has 0 saturated carbocycles. The smallest absolute Gasteiger partial charge is 0.243 e. The maximum Gasteiger partial charge on any atom is 0.243 e. The number of amides is 1. The molecule has 0 spiro atoms. The quantitative estimate of drug-likeness (QED) is 0.701. The molecule has 3 N–H and O–H groups in total. The van der Waals surface area contributed by atoms with Crippen molar-refractivity contribution >= 4 is 33.1 Å². The number of benzene rings is 1. The molecule has 1 rings (SSSR count). The molecule has 0 bridgehead atoms. The van der Waals surface area contributed by atoms with E-state index in [0.717, 1.165) is 9.87 Å². The molecule has 1 aromatic carbocycles. The Morgan fingerprint density at radius 3 is 2.33 bits per heavy atom. The van der Waals surface area contributed by atoms with Crippen molar-refractivity contribution in [3.8, 4) is 0 Å². The highest BCUT2D eigenvalue weighted by Crippen LogP contribution is 2.16. The van der Waals surface area contributed by atoms with Crippen LogP contribution in [0.15, 0.2) is 29.2 Å². The first kappa shape index (κ1) is 17.5. The Morgan fingerprint density at radius 1 is 1.33 bits per heavy atom. The average molecular weight is 329 g/mol. The molecule has 0 atom stereocenters. The third-order valence-corrected chi connectivity index (χ3v) is 4.97. The van der Waals surface area contributed by atoms with Gasteiger partial charge in [0.25, 0.3) is 0 Å². The third kappa shape index (κ3) is 4.76. The summed E-state index contributed by atoms with van der Waals surface area (Å²) in [4.78, 5) is 11.9. The van der Waals surface area contributed by atoms with Gasteiger partial charge in [0.15, 0.2) is 0 Å². The van der Waals surface area contributed by atoms with Gasteiger partial charge in [-0.15, -0.1) is 0 Å². The van der Waals surface area contributed by atoms with E-state index in [4.69, 9.17) is 18.0 Å². The molecular weight excluding hydrogens is 310 g/mol. The van der Waals surface area contributed by atoms with Crippen molar-refractivity contribution in [3.63, 3.8) is 0 Å². The van der Waals surface area contributed by atoms with E-state index in [9.17, 15) is 13.2 Å². The molecule has 0 heterocycles. The van der Waals surface area contributed by atoms with Crippen LogP contribution < -0.4 is 11.1 Å². The van der Waals surface area contributed by atoms with Gasteiger partial charge in [-0.2, -0.15) is 4.31 Å². The standard InChI is InChI=1S/C13H19N3O3S2/c1-3-16(9-13(17)15-2)21(18,19)11-6-4-10(5-7-11)8-12(14)20/h4-7H,3,8-9H2,1-2H3,(H2,14,20)(H,15,17). The first-order valence-electron chi connectivity index (χ1n) is 6.39. The molecule has 21 heavy (non-hydrogen) atoms. The number of carbonyl (C=O) groups excluding carboxylic acids is 1. The number of nitrogens with zero attached hydrogens (tertiary/aromatic N) is 1. The number of rotatable bonds is 7. The van der Waals surface area contributed by atoms with Gasteiger partial charge in [0.1, 0.15) is 0 Å². The summed E-state index contributed by atoms with van der Waals surface area (Å²) < 4.78 is 26.0. The first-order valence-corrected chi connectivity index (χ1v) is 8.24. The second kappa shape index (κ2) is 7.48. The van der Waals surface area contributed by atoms with Crippen molar-refractivity contribution < 1.29 is 13.2 Å². The zero-order valence-electron chi connectivity index (χ0n) is 12.0. The number of nitrogens with one attached hydrogen (secondary N) is 1. The Bertz CT molecular complexity index is 612. The molecule has 0 radical (unpaired) electrons. The van der Waals surface area contributed by atoms with Gasteiger partial charge in [-0.25, -0.2) is 8.42 Å². The fraction of sp³-hybridized carbons (Fsp3) is 0.385. The minimum Gasteiger partial charge on any atom is -0.393 e. The number of likely N-dealkylation sites (N-methyl/N-ethyl adjacent to an activating group) is 2. The molecule has 116 valence electrons. The molecule has 8 heteroatoms. The molecule has 0 aliphatic carbocycles. The summed E-state index contributed by atoms with van der Waals surface area (Å²) in [5, 5.41) is 2.41. The summed E-state index contributed by atoms with van der Waals surface area (Å²) >= 11 is 4.81. The van der Waals surface area contributed by atoms with Crippen LogP contribution in [0.3, 0.4) is 0 Å². The summed E-state index contributed by atoms with van der Waals surface area (Å²) in [6, 6.07) is 6.32. The predicted molar refractivity (Wildman–Crippen MR) is 85.4 cm³/mol. The van der Waals surface area contributed by atoms with Gasteiger partial charge < -0.3 is 11.1 Å². The lowest BCUT2D eigenvalue weighted by Gasteiger charge is -2.19. The van der Waals surface area contributed by atoms with Crippen molar-refractivity contribution in [1.82, 2.24) is 9.62 Å². The molecule has 1 amide bonds. The van der Waals surface area contributed by atoms with Crippen LogP contribution >= 0.6 is 12.2 Å². The molecule has 0 aromatic heterocycles. The minimum absolute atomic E-state index is 0.139. The van der Waals surface area contributed by atoms with Crippen LogP contribution in [-0.4, -0.2) is 43.8 Å². The maximum absolute atomic E-state index is 12.4. The van der Waals surface area contributed by atoms with Gasteiger partial charge in [-0.3, -0.25) is 4.79 Å². The van der Waals surface area contributed by atoms with Crippen molar-refractivity contribution in [1.29, 1.82) is 0 Å². The van der Waals surface area contributed by atoms with Crippen LogP contribution in [0.5, 0.6) is 0 Å². The molecule has 0 aliphatic heterocycles. The number of carbonyl (C=O) groups is 1. The topological polar surface area (TPSA) is 92.5 Å². The summed E-state index contributed by atoms with van der Waals surface area (Å²) in [7, 11) is -2.23. The summed E-state index contributed by atoms with van der Waals surface area (Å²) in [5.41, 5.74) is 6.29. The second-order valence-electron chi connectivity index (χ2n) is 4.39. The Balaban J connectivity index is 3.00. The molecule has 6 nitrogen and oxygen atoms in total. The second-order valence-corrected chi connectivity index (χ2v) is 6.85. The number of nitrogens with two attached hydrogens (primary N) is 1. The van der Waals surface area contributed by atoms with Gasteiger partial charge in [-0.1, -0.05) is 31.3 Å². The molecular formula is C13H19N3O3S2. The Morgan fingerprint density at radius 2 is 1.90 bits per heavy atom. The molecule has 0 saturated heterocycles. The van der Waals surface area contributed by atoms with Crippen molar-refractivity contribution in [2.75, 3.05) is 20.1 Å². The molecule has 0 fully saturated rings. The van der Waals surface area contributed by atoms with Gasteiger partial charge in [-0.05, 0) is 17.7 Å². The number of thiocarbonyl (C=S) groups is 1. The van der Waals surface area contributed by atoms with Gasteiger partial charge in [0.05, 0.1) is 16.4 Å². The fourth-order valence-electron chi connectivity index (χ4n) is 1.74. The Labute approximate surface area is 130 Å². The number of hydrogen-bond donors (Lipinski definition) is 2. The Hall–Kier alpha value is -1.51. The minimum atomic E-state index is -3.69. The summed E-state index contributed by atoms with van der Waals surface area (Å²) in [6.45, 7) is 1.69. The van der Waals surface area contributed by atoms with Gasteiger partial charge in [0, 0.05) is 20.0 Å². The lowest BCUT2D eigenvalue weighted by Crippen LogP contribution is -2.39. The zero-order chi connectivity index (χ0) is 16.0. The van der Waals surface area contributed by atoms with Crippen LogP contribution in [0.25, 0.3) is 0 Å². The van der Waals surface area contributed by atoms with E-state index in [1.54, 1.807) is 19.1 Å². The van der Waals surface area contributed by atoms with Crippen LogP contribution in [0, 0.1) is 0 Å². The third-order valence-electron chi connectivity index (χ3n) is 2.89. The van der Waals surface area contributed by atoms with E-state index in [1.807, 2.05) is 0 Å². The normalized spacial score (nSPS) is 11.4. The van der Waals surface area contributed by atoms with Crippen LogP contribution in [0.4, 0.5) is 0 Å². The first-order chi connectivity index (χ1) is 9.81. The Kier molecular flexibility index (Phi) is 6.25. The highest BCUT2D eigenvalue weighted by atomic mass is 32.2. The van der Waals surface area contributed by atoms with Crippen molar-refractivity contribution in [2.45, 2.75) is 18.2 Å². The van der Waals surface area contributed by atoms with Gasteiger partial charge in [0.2, 0.25) is 15.9 Å². The van der Waals surface area contributed by atoms with Crippen LogP contribution in [0.2, 0.25) is 0 Å². The van der Waals surface area contributed by atoms with Gasteiger partial charge >= 0.3 is 0 Å². The molecule has 0 unspecified atom stereocenters. The average Bonchev–Trinajstić information content (AvgIpc) is 2.44. The van der Waals surface area contributed by atoms with E-state index in [-0.39, 0.29) is 23.9 Å². The lowest BCUT2D eigenvalue weighted by molar-refractivity contribution is -0.120. The van der Waals surface area contributed by atoms with E-state index in [2.05, 4.69) is 5.32 Å². The van der Waals surface area contributed by atoms with E-state index in [1.165, 1.54) is 19.2 Å². The van der Waals surface area contributed by atoms with Crippen molar-refractivity contribution in [2.24, 2.45) is 5.73 Å². The highest BCUT2D eigenvalue weighted by molar-refractivity contribution is 7.89. The summed E-state index contributed by atoms with van der Waals surface area (Å²) in [5.74, 6) is -0.356. The molecule has 0 aliphatic rings. The largest absolute Gasteiger partial charge is 0.393 e.